The second-order valence-electron chi connectivity index (χ2n) is 4.61. The first-order valence-electron chi connectivity index (χ1n) is 6.09. The van der Waals surface area contributed by atoms with E-state index in [1.165, 1.54) is 19.3 Å². The smallest absolute Gasteiger partial charge is 0.0609 e. The molecule has 2 heteroatoms. The summed E-state index contributed by atoms with van der Waals surface area (Å²) < 4.78 is 5.70. The lowest BCUT2D eigenvalue weighted by Gasteiger charge is -2.28. The lowest BCUT2D eigenvalue weighted by atomic mass is 9.93. The van der Waals surface area contributed by atoms with Crippen LogP contribution in [0.4, 0.5) is 0 Å². The monoisotopic (exact) mass is 199 g/mol. The van der Waals surface area contributed by atoms with Crippen LogP contribution in [0.2, 0.25) is 0 Å². The lowest BCUT2D eigenvalue weighted by Crippen LogP contribution is -2.37. The minimum atomic E-state index is 0.438. The van der Waals surface area contributed by atoms with Crippen LogP contribution in [0.25, 0.3) is 0 Å². The maximum atomic E-state index is 5.70. The van der Waals surface area contributed by atoms with Gasteiger partial charge in [0.2, 0.25) is 0 Å². The normalized spacial score (nSPS) is 19.7. The van der Waals surface area contributed by atoms with Gasteiger partial charge in [0, 0.05) is 12.6 Å². The van der Waals surface area contributed by atoms with Crippen LogP contribution in [0.15, 0.2) is 0 Å². The van der Waals surface area contributed by atoms with Gasteiger partial charge in [-0.25, -0.2) is 0 Å². The van der Waals surface area contributed by atoms with Crippen LogP contribution < -0.4 is 5.32 Å². The molecule has 0 aliphatic heterocycles. The van der Waals surface area contributed by atoms with Gasteiger partial charge in [0.1, 0.15) is 0 Å². The van der Waals surface area contributed by atoms with Crippen LogP contribution in [-0.2, 0) is 4.74 Å². The highest BCUT2D eigenvalue weighted by Crippen LogP contribution is 2.18. The molecule has 0 heterocycles. The molecule has 1 unspecified atom stereocenters. The predicted octanol–water partition coefficient (Wildman–Crippen LogP) is 2.58. The van der Waals surface area contributed by atoms with Gasteiger partial charge in [0.25, 0.3) is 0 Å². The van der Waals surface area contributed by atoms with Gasteiger partial charge in [-0.3, -0.25) is 0 Å². The summed E-state index contributed by atoms with van der Waals surface area (Å²) in [4.78, 5) is 0. The zero-order valence-electron chi connectivity index (χ0n) is 9.88. The van der Waals surface area contributed by atoms with E-state index in [9.17, 15) is 0 Å². The fraction of sp³-hybridized carbons (Fsp3) is 1.00. The Bertz CT molecular complexity index is 143. The molecule has 1 atom stereocenters. The number of nitrogens with one attached hydrogen (secondary N) is 1. The van der Waals surface area contributed by atoms with Crippen molar-refractivity contribution >= 4 is 0 Å². The molecule has 1 rings (SSSR count). The predicted molar refractivity (Wildman–Crippen MR) is 60.5 cm³/mol. The Hall–Kier alpha value is -0.0800. The third-order valence-electron chi connectivity index (χ3n) is 3.09. The molecule has 14 heavy (non-hydrogen) atoms. The van der Waals surface area contributed by atoms with Crippen LogP contribution in [0, 0.1) is 5.92 Å². The highest BCUT2D eigenvalue weighted by molar-refractivity contribution is 4.77. The Morgan fingerprint density at radius 1 is 1.36 bits per heavy atom. The van der Waals surface area contributed by atoms with Crippen LogP contribution in [-0.4, -0.2) is 25.3 Å². The van der Waals surface area contributed by atoms with Crippen molar-refractivity contribution in [1.82, 2.24) is 5.32 Å². The van der Waals surface area contributed by atoms with E-state index in [4.69, 9.17) is 4.74 Å². The van der Waals surface area contributed by atoms with E-state index in [1.807, 2.05) is 0 Å². The molecule has 0 aromatic rings. The summed E-state index contributed by atoms with van der Waals surface area (Å²) in [6.07, 6.45) is 5.76. The third-order valence-corrected chi connectivity index (χ3v) is 3.09. The summed E-state index contributed by atoms with van der Waals surface area (Å²) in [5.41, 5.74) is 0. The molecule has 1 fully saturated rings. The molecule has 84 valence electrons. The maximum Gasteiger partial charge on any atom is 0.0609 e. The van der Waals surface area contributed by atoms with Crippen LogP contribution in [0.3, 0.4) is 0 Å². The van der Waals surface area contributed by atoms with Gasteiger partial charge in [-0.1, -0.05) is 20.3 Å². The second-order valence-corrected chi connectivity index (χ2v) is 4.61. The molecule has 1 aliphatic carbocycles. The zero-order chi connectivity index (χ0) is 10.4. The molecule has 1 saturated carbocycles. The minimum absolute atomic E-state index is 0.438. The molecule has 0 spiro atoms. The molecule has 0 aromatic carbocycles. The standard InChI is InChI=1S/C12H25NO/c1-4-14-12(10(2)3)8-9-13-11-6-5-7-11/h10-13H,4-9H2,1-3H3. The molecule has 0 radical (unpaired) electrons. The average Bonchev–Trinajstić information content (AvgIpc) is 2.06. The fourth-order valence-electron chi connectivity index (χ4n) is 1.87. The zero-order valence-corrected chi connectivity index (χ0v) is 9.88. The van der Waals surface area contributed by atoms with Gasteiger partial charge in [-0.05, 0) is 38.6 Å². The van der Waals surface area contributed by atoms with Crippen molar-refractivity contribution in [3.8, 4) is 0 Å². The molecule has 0 aromatic heterocycles. The van der Waals surface area contributed by atoms with E-state index < -0.39 is 0 Å². The minimum Gasteiger partial charge on any atom is -0.378 e. The van der Waals surface area contributed by atoms with E-state index in [0.717, 1.165) is 25.6 Å². The van der Waals surface area contributed by atoms with E-state index in [0.29, 0.717) is 12.0 Å². The fourth-order valence-corrected chi connectivity index (χ4v) is 1.87. The summed E-state index contributed by atoms with van der Waals surface area (Å²) in [5.74, 6) is 0.637. The number of ether oxygens (including phenoxy) is 1. The summed E-state index contributed by atoms with van der Waals surface area (Å²) in [6, 6.07) is 0.810. The Labute approximate surface area is 88.4 Å². The van der Waals surface area contributed by atoms with Gasteiger partial charge in [0.15, 0.2) is 0 Å². The van der Waals surface area contributed by atoms with Gasteiger partial charge in [-0.2, -0.15) is 0 Å². The van der Waals surface area contributed by atoms with Crippen molar-refractivity contribution in [1.29, 1.82) is 0 Å². The Morgan fingerprint density at radius 3 is 2.50 bits per heavy atom. The summed E-state index contributed by atoms with van der Waals surface area (Å²) in [6.45, 7) is 8.52. The Morgan fingerprint density at radius 2 is 2.07 bits per heavy atom. The van der Waals surface area contributed by atoms with Crippen molar-refractivity contribution in [3.63, 3.8) is 0 Å². The van der Waals surface area contributed by atoms with Crippen molar-refractivity contribution in [2.45, 2.75) is 58.6 Å². The SMILES string of the molecule is CCOC(CCNC1CCC1)C(C)C. The highest BCUT2D eigenvalue weighted by Gasteiger charge is 2.18. The van der Waals surface area contributed by atoms with Gasteiger partial charge < -0.3 is 10.1 Å². The molecule has 1 aliphatic rings. The number of hydrogen-bond donors (Lipinski definition) is 1. The maximum absolute atomic E-state index is 5.70. The molecular weight excluding hydrogens is 174 g/mol. The largest absolute Gasteiger partial charge is 0.378 e. The van der Waals surface area contributed by atoms with Gasteiger partial charge in [0.05, 0.1) is 6.10 Å². The molecule has 0 saturated heterocycles. The summed E-state index contributed by atoms with van der Waals surface area (Å²) in [5, 5.41) is 3.58. The van der Waals surface area contributed by atoms with Crippen molar-refractivity contribution < 1.29 is 4.74 Å². The van der Waals surface area contributed by atoms with E-state index in [-0.39, 0.29) is 0 Å². The van der Waals surface area contributed by atoms with Crippen LogP contribution in [0.5, 0.6) is 0 Å². The highest BCUT2D eigenvalue weighted by atomic mass is 16.5. The Balaban J connectivity index is 2.05. The first kappa shape index (κ1) is 12.0. The first-order valence-corrected chi connectivity index (χ1v) is 6.09. The van der Waals surface area contributed by atoms with E-state index >= 15 is 0 Å². The molecule has 0 amide bonds. The topological polar surface area (TPSA) is 21.3 Å². The van der Waals surface area contributed by atoms with Crippen molar-refractivity contribution in [3.05, 3.63) is 0 Å². The number of hydrogen-bond acceptors (Lipinski definition) is 2. The Kier molecular flexibility index (Phi) is 5.49. The van der Waals surface area contributed by atoms with Gasteiger partial charge in [-0.15, -0.1) is 0 Å². The average molecular weight is 199 g/mol. The number of rotatable bonds is 7. The van der Waals surface area contributed by atoms with Gasteiger partial charge >= 0.3 is 0 Å². The van der Waals surface area contributed by atoms with Crippen molar-refractivity contribution in [2.75, 3.05) is 13.2 Å². The summed E-state index contributed by atoms with van der Waals surface area (Å²) >= 11 is 0. The molecule has 1 N–H and O–H groups in total. The quantitative estimate of drug-likeness (QED) is 0.680. The molecule has 0 bridgehead atoms. The lowest BCUT2D eigenvalue weighted by molar-refractivity contribution is 0.0242. The summed E-state index contributed by atoms with van der Waals surface area (Å²) in [7, 11) is 0. The van der Waals surface area contributed by atoms with E-state index in [1.54, 1.807) is 0 Å². The molecular formula is C12H25NO. The van der Waals surface area contributed by atoms with Crippen LogP contribution >= 0.6 is 0 Å². The van der Waals surface area contributed by atoms with Crippen LogP contribution in [0.1, 0.15) is 46.5 Å². The third kappa shape index (κ3) is 3.97. The second kappa shape index (κ2) is 6.41. The van der Waals surface area contributed by atoms with Crippen molar-refractivity contribution in [2.24, 2.45) is 5.92 Å². The molecule has 2 nitrogen and oxygen atoms in total. The van der Waals surface area contributed by atoms with E-state index in [2.05, 4.69) is 26.1 Å². The first-order chi connectivity index (χ1) is 6.74.